The van der Waals surface area contributed by atoms with Crippen molar-refractivity contribution in [1.29, 1.82) is 0 Å². The molecule has 0 bridgehead atoms. The van der Waals surface area contributed by atoms with Gasteiger partial charge in [0.2, 0.25) is 0 Å². The van der Waals surface area contributed by atoms with Gasteiger partial charge in [-0.3, -0.25) is 4.90 Å². The van der Waals surface area contributed by atoms with E-state index in [0.29, 0.717) is 23.0 Å². The molecule has 1 aliphatic heterocycles. The second-order valence-electron chi connectivity index (χ2n) is 4.36. The highest BCUT2D eigenvalue weighted by Gasteiger charge is 2.21. The Kier molecular flexibility index (Phi) is 3.79. The summed E-state index contributed by atoms with van der Waals surface area (Å²) in [5.74, 6) is 0.346. The van der Waals surface area contributed by atoms with Crippen LogP contribution in [-0.4, -0.2) is 24.5 Å². The number of hydrogen-bond acceptors (Lipinski definition) is 2. The van der Waals surface area contributed by atoms with Gasteiger partial charge >= 0.3 is 0 Å². The maximum absolute atomic E-state index is 13.5. The van der Waals surface area contributed by atoms with Gasteiger partial charge in [0.15, 0.2) is 0 Å². The molecule has 1 aliphatic rings. The van der Waals surface area contributed by atoms with Gasteiger partial charge in [-0.1, -0.05) is 17.7 Å². The summed E-state index contributed by atoms with van der Waals surface area (Å²) in [6.07, 6.45) is 1.12. The summed E-state index contributed by atoms with van der Waals surface area (Å²) in [5.41, 5.74) is 6.33. The van der Waals surface area contributed by atoms with Crippen LogP contribution >= 0.6 is 11.6 Å². The highest BCUT2D eigenvalue weighted by atomic mass is 35.5. The average Bonchev–Trinajstić information content (AvgIpc) is 2.70. The predicted octanol–water partition coefficient (Wildman–Crippen LogP) is 2.26. The van der Waals surface area contributed by atoms with Crippen LogP contribution in [0.25, 0.3) is 0 Å². The standard InChI is InChI=1S/C12H16ClFN2/c13-11-2-1-10(12(14)5-11)8-16-4-3-9(6-15)7-16/h1-2,5,9H,3-4,6-8,15H2. The summed E-state index contributed by atoms with van der Waals surface area (Å²) >= 11 is 5.71. The normalized spacial score (nSPS) is 21.6. The number of likely N-dealkylation sites (tertiary alicyclic amines) is 1. The molecule has 0 aliphatic carbocycles. The molecule has 88 valence electrons. The first-order valence-electron chi connectivity index (χ1n) is 5.55. The first kappa shape index (κ1) is 11.8. The van der Waals surface area contributed by atoms with Crippen LogP contribution in [0.1, 0.15) is 12.0 Å². The Morgan fingerprint density at radius 3 is 2.94 bits per heavy atom. The fourth-order valence-electron chi connectivity index (χ4n) is 2.14. The van der Waals surface area contributed by atoms with Crippen LogP contribution in [-0.2, 0) is 6.54 Å². The molecule has 0 radical (unpaired) electrons. The molecule has 1 aromatic rings. The van der Waals surface area contributed by atoms with E-state index in [1.807, 2.05) is 0 Å². The van der Waals surface area contributed by atoms with Crippen molar-refractivity contribution in [2.45, 2.75) is 13.0 Å². The minimum atomic E-state index is -0.219. The van der Waals surface area contributed by atoms with E-state index >= 15 is 0 Å². The van der Waals surface area contributed by atoms with Crippen LogP contribution in [0.3, 0.4) is 0 Å². The third-order valence-electron chi connectivity index (χ3n) is 3.11. The largest absolute Gasteiger partial charge is 0.330 e. The van der Waals surface area contributed by atoms with Crippen molar-refractivity contribution in [3.05, 3.63) is 34.6 Å². The van der Waals surface area contributed by atoms with Crippen LogP contribution in [0.15, 0.2) is 18.2 Å². The van der Waals surface area contributed by atoms with Gasteiger partial charge in [0.05, 0.1) is 0 Å². The minimum Gasteiger partial charge on any atom is -0.330 e. The number of halogens is 2. The number of benzene rings is 1. The first-order chi connectivity index (χ1) is 7.69. The molecule has 2 N–H and O–H groups in total. The zero-order valence-corrected chi connectivity index (χ0v) is 9.88. The molecular formula is C12H16ClFN2. The smallest absolute Gasteiger partial charge is 0.129 e. The molecule has 16 heavy (non-hydrogen) atoms. The van der Waals surface area contributed by atoms with Crippen LogP contribution in [0.5, 0.6) is 0 Å². The number of hydrogen-bond donors (Lipinski definition) is 1. The highest BCUT2D eigenvalue weighted by Crippen LogP contribution is 2.20. The van der Waals surface area contributed by atoms with Crippen molar-refractivity contribution in [2.24, 2.45) is 11.7 Å². The van der Waals surface area contributed by atoms with Crippen LogP contribution < -0.4 is 5.73 Å². The van der Waals surface area contributed by atoms with Crippen molar-refractivity contribution in [3.63, 3.8) is 0 Å². The lowest BCUT2D eigenvalue weighted by Crippen LogP contribution is -2.23. The van der Waals surface area contributed by atoms with Gasteiger partial charge in [-0.05, 0) is 37.6 Å². The second kappa shape index (κ2) is 5.13. The van der Waals surface area contributed by atoms with Gasteiger partial charge < -0.3 is 5.73 Å². The topological polar surface area (TPSA) is 29.3 Å². The second-order valence-corrected chi connectivity index (χ2v) is 4.80. The van der Waals surface area contributed by atoms with Gasteiger partial charge in [-0.2, -0.15) is 0 Å². The van der Waals surface area contributed by atoms with E-state index in [1.165, 1.54) is 6.07 Å². The fourth-order valence-corrected chi connectivity index (χ4v) is 2.30. The monoisotopic (exact) mass is 242 g/mol. The number of rotatable bonds is 3. The molecule has 4 heteroatoms. The van der Waals surface area contributed by atoms with E-state index in [9.17, 15) is 4.39 Å². The van der Waals surface area contributed by atoms with Crippen LogP contribution in [0.2, 0.25) is 5.02 Å². The molecule has 2 rings (SSSR count). The predicted molar refractivity (Wildman–Crippen MR) is 63.8 cm³/mol. The molecule has 0 saturated carbocycles. The summed E-state index contributed by atoms with van der Waals surface area (Å²) in [7, 11) is 0. The third-order valence-corrected chi connectivity index (χ3v) is 3.35. The van der Waals surface area contributed by atoms with Gasteiger partial charge in [0.1, 0.15) is 5.82 Å². The Morgan fingerprint density at radius 2 is 2.31 bits per heavy atom. The molecule has 1 atom stereocenters. The van der Waals surface area contributed by atoms with Gasteiger partial charge in [0.25, 0.3) is 0 Å². The maximum Gasteiger partial charge on any atom is 0.129 e. The van der Waals surface area contributed by atoms with Crippen molar-refractivity contribution < 1.29 is 4.39 Å². The van der Waals surface area contributed by atoms with E-state index < -0.39 is 0 Å². The lowest BCUT2D eigenvalue weighted by molar-refractivity contribution is 0.312. The minimum absolute atomic E-state index is 0.219. The summed E-state index contributed by atoms with van der Waals surface area (Å²) in [4.78, 5) is 2.24. The molecule has 1 fully saturated rings. The van der Waals surface area contributed by atoms with Crippen molar-refractivity contribution in [1.82, 2.24) is 4.90 Å². The summed E-state index contributed by atoms with van der Waals surface area (Å²) in [6, 6.07) is 4.86. The van der Waals surface area contributed by atoms with E-state index in [0.717, 1.165) is 26.1 Å². The molecule has 1 aromatic carbocycles. The Bertz CT molecular complexity index is 370. The third kappa shape index (κ3) is 2.73. The zero-order valence-electron chi connectivity index (χ0n) is 9.13. The molecule has 0 amide bonds. The fraction of sp³-hybridized carbons (Fsp3) is 0.500. The quantitative estimate of drug-likeness (QED) is 0.881. The maximum atomic E-state index is 13.5. The molecule has 2 nitrogen and oxygen atoms in total. The van der Waals surface area contributed by atoms with Gasteiger partial charge in [-0.25, -0.2) is 4.39 Å². The summed E-state index contributed by atoms with van der Waals surface area (Å²) in [5, 5.41) is 0.447. The van der Waals surface area contributed by atoms with Gasteiger partial charge in [0, 0.05) is 23.7 Å². The molecule has 0 spiro atoms. The highest BCUT2D eigenvalue weighted by molar-refractivity contribution is 6.30. The molecule has 1 heterocycles. The molecule has 1 unspecified atom stereocenters. The van der Waals surface area contributed by atoms with Crippen molar-refractivity contribution >= 4 is 11.6 Å². The number of nitrogens with two attached hydrogens (primary N) is 1. The van der Waals surface area contributed by atoms with Crippen molar-refractivity contribution in [2.75, 3.05) is 19.6 Å². The zero-order chi connectivity index (χ0) is 11.5. The van der Waals surface area contributed by atoms with Gasteiger partial charge in [-0.15, -0.1) is 0 Å². The SMILES string of the molecule is NCC1CCN(Cc2ccc(Cl)cc2F)C1. The summed E-state index contributed by atoms with van der Waals surface area (Å²) in [6.45, 7) is 3.35. The Hall–Kier alpha value is -0.640. The Balaban J connectivity index is 1.99. The molecule has 0 aromatic heterocycles. The Morgan fingerprint density at radius 1 is 1.50 bits per heavy atom. The molecular weight excluding hydrogens is 227 g/mol. The Labute approximate surface area is 100 Å². The van der Waals surface area contributed by atoms with E-state index in [4.69, 9.17) is 17.3 Å². The lowest BCUT2D eigenvalue weighted by atomic mass is 10.1. The molecule has 1 saturated heterocycles. The lowest BCUT2D eigenvalue weighted by Gasteiger charge is -2.16. The average molecular weight is 243 g/mol. The van der Waals surface area contributed by atoms with E-state index in [1.54, 1.807) is 12.1 Å². The van der Waals surface area contributed by atoms with Crippen LogP contribution in [0.4, 0.5) is 4.39 Å². The first-order valence-corrected chi connectivity index (χ1v) is 5.93. The number of nitrogens with zero attached hydrogens (tertiary/aromatic N) is 1. The van der Waals surface area contributed by atoms with E-state index in [2.05, 4.69) is 4.90 Å². The van der Waals surface area contributed by atoms with E-state index in [-0.39, 0.29) is 5.82 Å². The van der Waals surface area contributed by atoms with Crippen LogP contribution in [0, 0.1) is 11.7 Å². The summed E-state index contributed by atoms with van der Waals surface area (Å²) < 4.78 is 13.5. The van der Waals surface area contributed by atoms with Crippen molar-refractivity contribution in [3.8, 4) is 0 Å².